The van der Waals surface area contributed by atoms with Gasteiger partial charge in [-0.1, -0.05) is 0 Å². The summed E-state index contributed by atoms with van der Waals surface area (Å²) in [5.74, 6) is 0.0447. The number of hydrogen-bond donors (Lipinski definition) is 1. The highest BCUT2D eigenvalue weighted by molar-refractivity contribution is 6.19. The number of alkyl halides is 3. The molecule has 5 nitrogen and oxygen atoms in total. The molecule has 0 radical (unpaired) electrons. The number of amidine groups is 1. The third kappa shape index (κ3) is 2.09. The van der Waals surface area contributed by atoms with Crippen molar-refractivity contribution in [2.24, 2.45) is 4.99 Å². The molecule has 1 aromatic carbocycles. The lowest BCUT2D eigenvalue weighted by Crippen LogP contribution is -2.42. The Bertz CT molecular complexity index is 583. The van der Waals surface area contributed by atoms with Crippen molar-refractivity contribution < 1.29 is 22.7 Å². The molecule has 100 valence electrons. The highest BCUT2D eigenvalue weighted by Gasteiger charge is 2.34. The number of carbonyl (C=O) groups excluding carboxylic acids is 1. The minimum Gasteiger partial charge on any atom is -0.406 e. The van der Waals surface area contributed by atoms with Crippen LogP contribution in [0.25, 0.3) is 0 Å². The van der Waals surface area contributed by atoms with E-state index in [0.717, 1.165) is 6.07 Å². The maximum absolute atomic E-state index is 12.2. The first kappa shape index (κ1) is 11.8. The van der Waals surface area contributed by atoms with Crippen molar-refractivity contribution in [2.45, 2.75) is 6.36 Å². The Morgan fingerprint density at radius 3 is 2.89 bits per heavy atom. The van der Waals surface area contributed by atoms with Crippen LogP contribution in [0.1, 0.15) is 5.56 Å². The van der Waals surface area contributed by atoms with Crippen LogP contribution < -0.4 is 10.1 Å². The van der Waals surface area contributed by atoms with E-state index < -0.39 is 6.36 Å². The van der Waals surface area contributed by atoms with Gasteiger partial charge >= 0.3 is 12.4 Å². The van der Waals surface area contributed by atoms with Crippen LogP contribution >= 0.6 is 0 Å². The fourth-order valence-electron chi connectivity index (χ4n) is 2.07. The van der Waals surface area contributed by atoms with E-state index in [2.05, 4.69) is 15.0 Å². The Hall–Kier alpha value is -2.25. The zero-order valence-electron chi connectivity index (χ0n) is 9.49. The van der Waals surface area contributed by atoms with Crippen molar-refractivity contribution in [3.05, 3.63) is 23.8 Å². The molecule has 19 heavy (non-hydrogen) atoms. The quantitative estimate of drug-likeness (QED) is 0.851. The summed E-state index contributed by atoms with van der Waals surface area (Å²) in [5.41, 5.74) is 0.857. The van der Waals surface area contributed by atoms with E-state index in [9.17, 15) is 18.0 Å². The molecule has 1 N–H and O–H groups in total. The minimum absolute atomic E-state index is 0.326. The van der Waals surface area contributed by atoms with Crippen molar-refractivity contribution >= 4 is 17.6 Å². The van der Waals surface area contributed by atoms with Crippen molar-refractivity contribution in [3.63, 3.8) is 0 Å². The van der Waals surface area contributed by atoms with Gasteiger partial charge in [-0.25, -0.2) is 4.79 Å². The monoisotopic (exact) mass is 271 g/mol. The largest absolute Gasteiger partial charge is 0.573 e. The van der Waals surface area contributed by atoms with Gasteiger partial charge in [-0.05, 0) is 18.2 Å². The molecule has 2 aliphatic heterocycles. The molecule has 0 bridgehead atoms. The number of nitrogens with one attached hydrogen (secondary N) is 1. The van der Waals surface area contributed by atoms with Gasteiger partial charge in [-0.15, -0.1) is 13.2 Å². The van der Waals surface area contributed by atoms with E-state index in [-0.39, 0.29) is 11.8 Å². The number of carbonyl (C=O) groups is 1. The number of urea groups is 1. The average molecular weight is 271 g/mol. The van der Waals surface area contributed by atoms with Crippen LogP contribution in [0.3, 0.4) is 0 Å². The molecular weight excluding hydrogens is 263 g/mol. The number of rotatable bonds is 1. The van der Waals surface area contributed by atoms with E-state index in [1.54, 1.807) is 0 Å². The van der Waals surface area contributed by atoms with E-state index in [0.29, 0.717) is 30.2 Å². The van der Waals surface area contributed by atoms with Crippen LogP contribution in [-0.2, 0) is 0 Å². The van der Waals surface area contributed by atoms with E-state index in [1.165, 1.54) is 17.0 Å². The number of ether oxygens (including phenoxy) is 1. The lowest BCUT2D eigenvalue weighted by molar-refractivity contribution is -0.274. The summed E-state index contributed by atoms with van der Waals surface area (Å²) in [4.78, 5) is 17.2. The maximum Gasteiger partial charge on any atom is 0.573 e. The second kappa shape index (κ2) is 3.87. The van der Waals surface area contributed by atoms with Crippen LogP contribution in [0.5, 0.6) is 5.75 Å². The number of hydrogen-bond acceptors (Lipinski definition) is 3. The molecule has 0 aromatic heterocycles. The third-order valence-corrected chi connectivity index (χ3v) is 2.79. The molecule has 0 fully saturated rings. The highest BCUT2D eigenvalue weighted by atomic mass is 19.4. The number of amides is 2. The predicted octanol–water partition coefficient (Wildman–Crippen LogP) is 2.19. The molecule has 0 saturated heterocycles. The molecule has 0 atom stereocenters. The average Bonchev–Trinajstić information content (AvgIpc) is 2.78. The Balaban J connectivity index is 2.01. The van der Waals surface area contributed by atoms with Crippen molar-refractivity contribution in [1.29, 1.82) is 0 Å². The number of halogens is 3. The molecule has 2 aliphatic rings. The number of aliphatic imine (C=N–C) groups is 1. The minimum atomic E-state index is -4.75. The Labute approximate surface area is 105 Å². The van der Waals surface area contributed by atoms with Crippen LogP contribution in [-0.4, -0.2) is 36.2 Å². The molecule has 3 rings (SSSR count). The molecule has 0 unspecified atom stereocenters. The smallest absolute Gasteiger partial charge is 0.406 e. The molecular formula is C11H8F3N3O2. The summed E-state index contributed by atoms with van der Waals surface area (Å²) >= 11 is 0. The van der Waals surface area contributed by atoms with Gasteiger partial charge in [0.05, 0.1) is 12.2 Å². The van der Waals surface area contributed by atoms with Gasteiger partial charge in [0.15, 0.2) is 0 Å². The van der Waals surface area contributed by atoms with Crippen molar-refractivity contribution in [1.82, 2.24) is 4.90 Å². The van der Waals surface area contributed by atoms with Gasteiger partial charge in [-0.3, -0.25) is 9.89 Å². The first-order valence-electron chi connectivity index (χ1n) is 5.47. The molecule has 0 aliphatic carbocycles. The molecule has 2 amide bonds. The molecule has 2 heterocycles. The van der Waals surface area contributed by atoms with Crippen molar-refractivity contribution in [3.8, 4) is 5.75 Å². The topological polar surface area (TPSA) is 53.9 Å². The normalized spacial score (nSPS) is 17.5. The van der Waals surface area contributed by atoms with Crippen LogP contribution in [0.2, 0.25) is 0 Å². The summed E-state index contributed by atoms with van der Waals surface area (Å²) in [7, 11) is 0. The first-order valence-corrected chi connectivity index (χ1v) is 5.47. The van der Waals surface area contributed by atoms with Gasteiger partial charge in [-0.2, -0.15) is 0 Å². The van der Waals surface area contributed by atoms with Gasteiger partial charge in [0, 0.05) is 12.1 Å². The Kier molecular flexibility index (Phi) is 2.41. The summed E-state index contributed by atoms with van der Waals surface area (Å²) < 4.78 is 40.4. The van der Waals surface area contributed by atoms with Crippen molar-refractivity contribution in [2.75, 3.05) is 18.4 Å². The van der Waals surface area contributed by atoms with Gasteiger partial charge in [0.25, 0.3) is 0 Å². The summed E-state index contributed by atoms with van der Waals surface area (Å²) in [6.07, 6.45) is -4.75. The van der Waals surface area contributed by atoms with Gasteiger partial charge < -0.3 is 10.1 Å². The SMILES string of the molecule is O=C1Nc2ccc(OC(F)(F)F)cc2C2=NCCN12. The number of anilines is 1. The molecule has 0 spiro atoms. The first-order chi connectivity index (χ1) is 8.94. The summed E-state index contributed by atoms with van der Waals surface area (Å²) in [6.45, 7) is 0.859. The fourth-order valence-corrected chi connectivity index (χ4v) is 2.07. The number of fused-ring (bicyclic) bond motifs is 3. The second-order valence-corrected chi connectivity index (χ2v) is 4.04. The number of nitrogens with zero attached hydrogens (tertiary/aromatic N) is 2. The van der Waals surface area contributed by atoms with Crippen LogP contribution in [0, 0.1) is 0 Å². The van der Waals surface area contributed by atoms with Gasteiger partial charge in [0.2, 0.25) is 0 Å². The second-order valence-electron chi connectivity index (χ2n) is 4.04. The van der Waals surface area contributed by atoms with E-state index in [4.69, 9.17) is 0 Å². The Morgan fingerprint density at radius 2 is 2.16 bits per heavy atom. The van der Waals surface area contributed by atoms with Crippen LogP contribution in [0.15, 0.2) is 23.2 Å². The molecule has 1 aromatic rings. The lowest BCUT2D eigenvalue weighted by Gasteiger charge is -2.26. The fraction of sp³-hybridized carbons (Fsp3) is 0.273. The van der Waals surface area contributed by atoms with Crippen LogP contribution in [0.4, 0.5) is 23.7 Å². The van der Waals surface area contributed by atoms with E-state index in [1.807, 2.05) is 0 Å². The third-order valence-electron chi connectivity index (χ3n) is 2.79. The Morgan fingerprint density at radius 1 is 1.37 bits per heavy atom. The maximum atomic E-state index is 12.2. The zero-order valence-corrected chi connectivity index (χ0v) is 9.49. The summed E-state index contributed by atoms with van der Waals surface area (Å²) in [5, 5.41) is 2.59. The van der Waals surface area contributed by atoms with Gasteiger partial charge in [0.1, 0.15) is 11.6 Å². The molecule has 8 heteroatoms. The number of benzene rings is 1. The predicted molar refractivity (Wildman–Crippen MR) is 60.3 cm³/mol. The lowest BCUT2D eigenvalue weighted by atomic mass is 10.1. The molecule has 0 saturated carbocycles. The van der Waals surface area contributed by atoms with E-state index >= 15 is 0 Å². The highest BCUT2D eigenvalue weighted by Crippen LogP contribution is 2.31. The summed E-state index contributed by atoms with van der Waals surface area (Å²) in [6, 6.07) is 3.41. The standard InChI is InChI=1S/C11H8F3N3O2/c12-11(13,14)19-6-1-2-8-7(5-6)9-15-3-4-17(9)10(18)16-8/h1-2,5H,3-4H2,(H,16,18). The zero-order chi connectivity index (χ0) is 13.6.